The number of hydrogen-bond acceptors (Lipinski definition) is 4. The Morgan fingerprint density at radius 1 is 1.38 bits per heavy atom. The molecule has 1 N–H and O–H groups in total. The van der Waals surface area contributed by atoms with Gasteiger partial charge in [0.05, 0.1) is 23.1 Å². The fraction of sp³-hybridized carbons (Fsp3) is 0.312. The van der Waals surface area contributed by atoms with Crippen LogP contribution in [0.25, 0.3) is 10.6 Å². The molecule has 1 fully saturated rings. The van der Waals surface area contributed by atoms with Crippen LogP contribution >= 0.6 is 34.5 Å². The second-order valence-corrected chi connectivity index (χ2v) is 7.31. The first-order chi connectivity index (χ1) is 11.4. The molecule has 1 aliphatic heterocycles. The molecule has 1 aliphatic rings. The maximum atomic E-state index is 12.3. The fourth-order valence-corrected chi connectivity index (χ4v) is 4.04. The number of nitrogens with zero attached hydrogens (tertiary/aromatic N) is 2. The van der Waals surface area contributed by atoms with Crippen molar-refractivity contribution in [3.05, 3.63) is 39.3 Å². The molecule has 24 heavy (non-hydrogen) atoms. The van der Waals surface area contributed by atoms with Crippen molar-refractivity contribution in [3.63, 3.8) is 0 Å². The SMILES string of the molecule is O=C(O)C1CCN(C(=O)Cc2csc(-c3ccc(Cl)cc3Cl)n2)C1. The summed E-state index contributed by atoms with van der Waals surface area (Å²) in [5.41, 5.74) is 1.43. The van der Waals surface area contributed by atoms with Gasteiger partial charge in [0.2, 0.25) is 5.91 Å². The molecule has 5 nitrogen and oxygen atoms in total. The van der Waals surface area contributed by atoms with Gasteiger partial charge >= 0.3 is 5.97 Å². The van der Waals surface area contributed by atoms with E-state index in [0.717, 1.165) is 10.6 Å². The lowest BCUT2D eigenvalue weighted by atomic mass is 10.1. The van der Waals surface area contributed by atoms with Crippen LogP contribution in [0.3, 0.4) is 0 Å². The number of thiazole rings is 1. The van der Waals surface area contributed by atoms with Crippen LogP contribution in [0.4, 0.5) is 0 Å². The number of likely N-dealkylation sites (tertiary alicyclic amines) is 1. The van der Waals surface area contributed by atoms with E-state index in [2.05, 4.69) is 4.98 Å². The van der Waals surface area contributed by atoms with E-state index in [9.17, 15) is 9.59 Å². The number of carbonyl (C=O) groups excluding carboxylic acids is 1. The highest BCUT2D eigenvalue weighted by atomic mass is 35.5. The van der Waals surface area contributed by atoms with E-state index in [1.54, 1.807) is 23.1 Å². The number of aromatic nitrogens is 1. The minimum atomic E-state index is -0.848. The molecule has 3 rings (SSSR count). The second-order valence-electron chi connectivity index (χ2n) is 5.61. The number of rotatable bonds is 4. The van der Waals surface area contributed by atoms with Gasteiger partial charge < -0.3 is 10.0 Å². The summed E-state index contributed by atoms with van der Waals surface area (Å²) in [6.45, 7) is 0.754. The largest absolute Gasteiger partial charge is 0.481 e. The highest BCUT2D eigenvalue weighted by Crippen LogP contribution is 2.32. The number of amides is 1. The molecule has 0 bridgehead atoms. The van der Waals surface area contributed by atoms with Crippen LogP contribution in [0.2, 0.25) is 10.0 Å². The molecule has 2 heterocycles. The van der Waals surface area contributed by atoms with Crippen molar-refractivity contribution in [2.75, 3.05) is 13.1 Å². The lowest BCUT2D eigenvalue weighted by Crippen LogP contribution is -2.31. The minimum Gasteiger partial charge on any atom is -0.481 e. The third kappa shape index (κ3) is 3.71. The molecule has 1 aromatic heterocycles. The van der Waals surface area contributed by atoms with Crippen molar-refractivity contribution >= 4 is 46.4 Å². The molecule has 0 aliphatic carbocycles. The van der Waals surface area contributed by atoms with Gasteiger partial charge in [-0.3, -0.25) is 9.59 Å². The van der Waals surface area contributed by atoms with Gasteiger partial charge in [0, 0.05) is 29.1 Å². The summed E-state index contributed by atoms with van der Waals surface area (Å²) in [4.78, 5) is 29.3. The van der Waals surface area contributed by atoms with Gasteiger partial charge in [-0.1, -0.05) is 23.2 Å². The van der Waals surface area contributed by atoms with Gasteiger partial charge in [-0.25, -0.2) is 4.98 Å². The van der Waals surface area contributed by atoms with E-state index in [0.29, 0.717) is 28.7 Å². The van der Waals surface area contributed by atoms with Gasteiger partial charge in [-0.15, -0.1) is 11.3 Å². The Bertz CT molecular complexity index is 793. The van der Waals surface area contributed by atoms with Crippen LogP contribution < -0.4 is 0 Å². The number of halogens is 2. The molecule has 126 valence electrons. The van der Waals surface area contributed by atoms with Crippen LogP contribution in [0.1, 0.15) is 12.1 Å². The lowest BCUT2D eigenvalue weighted by Gasteiger charge is -2.14. The van der Waals surface area contributed by atoms with Crippen molar-refractivity contribution in [2.45, 2.75) is 12.8 Å². The Labute approximate surface area is 152 Å². The average molecular weight is 385 g/mol. The summed E-state index contributed by atoms with van der Waals surface area (Å²) in [5.74, 6) is -1.41. The normalized spacial score (nSPS) is 17.2. The Kier molecular flexibility index (Phi) is 5.08. The number of carboxylic acids is 1. The van der Waals surface area contributed by atoms with Gasteiger partial charge in [0.1, 0.15) is 5.01 Å². The first kappa shape index (κ1) is 17.2. The molecule has 0 spiro atoms. The third-order valence-electron chi connectivity index (χ3n) is 3.94. The van der Waals surface area contributed by atoms with E-state index in [-0.39, 0.29) is 18.9 Å². The lowest BCUT2D eigenvalue weighted by molar-refractivity contribution is -0.141. The molecule has 1 unspecified atom stereocenters. The smallest absolute Gasteiger partial charge is 0.308 e. The van der Waals surface area contributed by atoms with E-state index in [1.165, 1.54) is 11.3 Å². The van der Waals surface area contributed by atoms with E-state index in [4.69, 9.17) is 28.3 Å². The molecule has 1 amide bonds. The Morgan fingerprint density at radius 3 is 2.83 bits per heavy atom. The highest BCUT2D eigenvalue weighted by Gasteiger charge is 2.30. The zero-order valence-corrected chi connectivity index (χ0v) is 14.9. The number of hydrogen-bond donors (Lipinski definition) is 1. The van der Waals surface area contributed by atoms with Gasteiger partial charge in [0.25, 0.3) is 0 Å². The van der Waals surface area contributed by atoms with Crippen molar-refractivity contribution in [2.24, 2.45) is 5.92 Å². The minimum absolute atomic E-state index is 0.0993. The fourth-order valence-electron chi connectivity index (χ4n) is 2.63. The van der Waals surface area contributed by atoms with Crippen molar-refractivity contribution in [1.29, 1.82) is 0 Å². The summed E-state index contributed by atoms with van der Waals surface area (Å²) in [6.07, 6.45) is 0.665. The molecule has 1 saturated heterocycles. The molecule has 2 aromatic rings. The van der Waals surface area contributed by atoms with Crippen LogP contribution in [-0.2, 0) is 16.0 Å². The van der Waals surface area contributed by atoms with Crippen LogP contribution in [0, 0.1) is 5.92 Å². The van der Waals surface area contributed by atoms with Gasteiger partial charge in [-0.2, -0.15) is 0 Å². The van der Waals surface area contributed by atoms with Crippen LogP contribution in [0.15, 0.2) is 23.6 Å². The number of benzene rings is 1. The number of carbonyl (C=O) groups is 2. The summed E-state index contributed by atoms with van der Waals surface area (Å²) >= 11 is 13.5. The van der Waals surface area contributed by atoms with Gasteiger partial charge in [-0.05, 0) is 24.6 Å². The average Bonchev–Trinajstić information content (AvgIpc) is 3.16. The second kappa shape index (κ2) is 7.09. The van der Waals surface area contributed by atoms with E-state index in [1.807, 2.05) is 5.38 Å². The van der Waals surface area contributed by atoms with Crippen LogP contribution in [-0.4, -0.2) is 40.0 Å². The molecule has 0 saturated carbocycles. The summed E-state index contributed by atoms with van der Waals surface area (Å²) in [5, 5.41) is 12.6. The molecule has 1 aromatic carbocycles. The first-order valence-corrected chi connectivity index (χ1v) is 8.98. The summed E-state index contributed by atoms with van der Waals surface area (Å²) in [6, 6.07) is 5.19. The molecule has 1 atom stereocenters. The predicted molar refractivity (Wildman–Crippen MR) is 93.6 cm³/mol. The Morgan fingerprint density at radius 2 is 2.17 bits per heavy atom. The number of aliphatic carboxylic acids is 1. The highest BCUT2D eigenvalue weighted by molar-refractivity contribution is 7.13. The Hall–Kier alpha value is -1.63. The zero-order valence-electron chi connectivity index (χ0n) is 12.5. The van der Waals surface area contributed by atoms with Crippen LogP contribution in [0.5, 0.6) is 0 Å². The number of carboxylic acid groups (broad SMARTS) is 1. The molecule has 0 radical (unpaired) electrons. The molecular formula is C16H14Cl2N2O3S. The van der Waals surface area contributed by atoms with Crippen molar-refractivity contribution in [1.82, 2.24) is 9.88 Å². The zero-order chi connectivity index (χ0) is 17.3. The summed E-state index contributed by atoms with van der Waals surface area (Å²) in [7, 11) is 0. The molecule has 8 heteroatoms. The van der Waals surface area contributed by atoms with Crippen molar-refractivity contribution in [3.8, 4) is 10.6 Å². The van der Waals surface area contributed by atoms with Gasteiger partial charge in [0.15, 0.2) is 0 Å². The topological polar surface area (TPSA) is 70.5 Å². The summed E-state index contributed by atoms with van der Waals surface area (Å²) < 4.78 is 0. The van der Waals surface area contributed by atoms with E-state index < -0.39 is 11.9 Å². The molecular weight excluding hydrogens is 371 g/mol. The Balaban J connectivity index is 1.68. The first-order valence-electron chi connectivity index (χ1n) is 7.34. The maximum absolute atomic E-state index is 12.3. The predicted octanol–water partition coefficient (Wildman–Crippen LogP) is 3.59. The maximum Gasteiger partial charge on any atom is 0.308 e. The monoisotopic (exact) mass is 384 g/mol. The standard InChI is InChI=1S/C16H14Cl2N2O3S/c17-10-1-2-12(13(18)5-10)15-19-11(8-24-15)6-14(21)20-4-3-9(7-20)16(22)23/h1-2,5,8-9H,3-4,6-7H2,(H,22,23). The quantitative estimate of drug-likeness (QED) is 0.873. The third-order valence-corrected chi connectivity index (χ3v) is 5.41. The van der Waals surface area contributed by atoms with Crippen molar-refractivity contribution < 1.29 is 14.7 Å². The van der Waals surface area contributed by atoms with E-state index >= 15 is 0 Å².